The van der Waals surface area contributed by atoms with Crippen molar-refractivity contribution >= 4 is 5.91 Å². The van der Waals surface area contributed by atoms with Gasteiger partial charge in [0.05, 0.1) is 0 Å². The number of amides is 1. The number of likely N-dealkylation sites (tertiary alicyclic amines) is 1. The Kier molecular flexibility index (Phi) is 2.70. The second-order valence-electron chi connectivity index (χ2n) is 3.90. The minimum absolute atomic E-state index is 0.0163. The van der Waals surface area contributed by atoms with E-state index in [4.69, 9.17) is 4.52 Å². The number of aryl methyl sites for hydroxylation is 1. The second kappa shape index (κ2) is 4.00. The van der Waals surface area contributed by atoms with E-state index in [0.29, 0.717) is 11.7 Å². The molecule has 2 rings (SSSR count). The molecule has 1 fully saturated rings. The van der Waals surface area contributed by atoms with Gasteiger partial charge in [0.25, 0.3) is 0 Å². The predicted octanol–water partition coefficient (Wildman–Crippen LogP) is 1.45. The number of hydrogen-bond acceptors (Lipinski definition) is 4. The average Bonchev–Trinajstić information content (AvgIpc) is 2.65. The van der Waals surface area contributed by atoms with Crippen molar-refractivity contribution < 1.29 is 9.32 Å². The Morgan fingerprint density at radius 1 is 1.53 bits per heavy atom. The highest BCUT2D eigenvalue weighted by Gasteiger charge is 2.29. The summed E-state index contributed by atoms with van der Waals surface area (Å²) in [6.07, 6.45) is 3.08. The first-order valence-electron chi connectivity index (χ1n) is 5.26. The Hall–Kier alpha value is -1.39. The van der Waals surface area contributed by atoms with Gasteiger partial charge in [-0.1, -0.05) is 5.16 Å². The van der Waals surface area contributed by atoms with Gasteiger partial charge in [0.15, 0.2) is 5.82 Å². The Morgan fingerprint density at radius 3 is 2.93 bits per heavy atom. The van der Waals surface area contributed by atoms with Crippen molar-refractivity contribution in [2.75, 3.05) is 6.54 Å². The van der Waals surface area contributed by atoms with E-state index in [9.17, 15) is 4.79 Å². The standard InChI is InChI=1S/C10H15N3O2/c1-7-11-10(15-12-7)9-5-3-4-6-13(9)8(2)14/h9H,3-6H2,1-2H3. The third-order valence-electron chi connectivity index (χ3n) is 2.74. The molecule has 0 N–H and O–H groups in total. The molecule has 1 saturated heterocycles. The summed E-state index contributed by atoms with van der Waals surface area (Å²) in [4.78, 5) is 17.4. The topological polar surface area (TPSA) is 59.2 Å². The number of rotatable bonds is 1. The third-order valence-corrected chi connectivity index (χ3v) is 2.74. The fourth-order valence-electron chi connectivity index (χ4n) is 2.01. The Labute approximate surface area is 88.5 Å². The number of piperidine rings is 1. The first-order valence-corrected chi connectivity index (χ1v) is 5.26. The molecule has 1 aliphatic heterocycles. The predicted molar refractivity (Wildman–Crippen MR) is 53.0 cm³/mol. The number of nitrogens with zero attached hydrogens (tertiary/aromatic N) is 3. The van der Waals surface area contributed by atoms with Gasteiger partial charge in [0, 0.05) is 13.5 Å². The molecule has 0 saturated carbocycles. The van der Waals surface area contributed by atoms with Crippen LogP contribution >= 0.6 is 0 Å². The average molecular weight is 209 g/mol. The number of aromatic nitrogens is 2. The molecular formula is C10H15N3O2. The smallest absolute Gasteiger partial charge is 0.249 e. The van der Waals surface area contributed by atoms with Crippen LogP contribution in [0.25, 0.3) is 0 Å². The van der Waals surface area contributed by atoms with Gasteiger partial charge in [0.2, 0.25) is 11.8 Å². The van der Waals surface area contributed by atoms with Crippen LogP contribution in [0.1, 0.15) is 43.9 Å². The minimum atomic E-state index is -0.0163. The molecule has 0 aliphatic carbocycles. The van der Waals surface area contributed by atoms with Crippen LogP contribution in [0.2, 0.25) is 0 Å². The molecule has 1 aromatic heterocycles. The van der Waals surface area contributed by atoms with E-state index in [0.717, 1.165) is 25.8 Å². The highest BCUT2D eigenvalue weighted by molar-refractivity contribution is 5.73. The van der Waals surface area contributed by atoms with Crippen molar-refractivity contribution in [3.63, 3.8) is 0 Å². The van der Waals surface area contributed by atoms with Gasteiger partial charge in [-0.25, -0.2) is 0 Å². The van der Waals surface area contributed by atoms with E-state index in [2.05, 4.69) is 10.1 Å². The monoisotopic (exact) mass is 209 g/mol. The van der Waals surface area contributed by atoms with Crippen molar-refractivity contribution in [3.05, 3.63) is 11.7 Å². The van der Waals surface area contributed by atoms with Gasteiger partial charge < -0.3 is 9.42 Å². The van der Waals surface area contributed by atoms with E-state index in [1.54, 1.807) is 13.8 Å². The Balaban J connectivity index is 2.21. The Morgan fingerprint density at radius 2 is 2.33 bits per heavy atom. The lowest BCUT2D eigenvalue weighted by Gasteiger charge is -2.32. The van der Waals surface area contributed by atoms with E-state index in [-0.39, 0.29) is 11.9 Å². The lowest BCUT2D eigenvalue weighted by atomic mass is 10.0. The van der Waals surface area contributed by atoms with Crippen molar-refractivity contribution in [1.29, 1.82) is 0 Å². The summed E-state index contributed by atoms with van der Waals surface area (Å²) in [6, 6.07) is -0.0163. The van der Waals surface area contributed by atoms with Crippen LogP contribution in [0.15, 0.2) is 4.52 Å². The summed E-state index contributed by atoms with van der Waals surface area (Å²) in [5.74, 6) is 1.28. The molecule has 0 aromatic carbocycles. The summed E-state index contributed by atoms with van der Waals surface area (Å²) in [5.41, 5.74) is 0. The lowest BCUT2D eigenvalue weighted by molar-refractivity contribution is -0.133. The van der Waals surface area contributed by atoms with Crippen molar-refractivity contribution in [3.8, 4) is 0 Å². The molecule has 1 unspecified atom stereocenters. The van der Waals surface area contributed by atoms with Crippen LogP contribution in [-0.4, -0.2) is 27.5 Å². The molecule has 1 amide bonds. The molecule has 2 heterocycles. The van der Waals surface area contributed by atoms with Gasteiger partial charge in [0.1, 0.15) is 6.04 Å². The lowest BCUT2D eigenvalue weighted by Crippen LogP contribution is -2.37. The van der Waals surface area contributed by atoms with Gasteiger partial charge >= 0.3 is 0 Å². The van der Waals surface area contributed by atoms with E-state index >= 15 is 0 Å². The largest absolute Gasteiger partial charge is 0.337 e. The zero-order chi connectivity index (χ0) is 10.8. The first kappa shape index (κ1) is 10.1. The number of carbonyl (C=O) groups excluding carboxylic acids is 1. The van der Waals surface area contributed by atoms with Crippen LogP contribution < -0.4 is 0 Å². The fourth-order valence-corrected chi connectivity index (χ4v) is 2.01. The molecular weight excluding hydrogens is 194 g/mol. The van der Waals surface area contributed by atoms with E-state index in [1.807, 2.05) is 4.90 Å². The van der Waals surface area contributed by atoms with Crippen LogP contribution in [0, 0.1) is 6.92 Å². The molecule has 0 radical (unpaired) electrons. The summed E-state index contributed by atoms with van der Waals surface area (Å²) in [6.45, 7) is 4.16. The summed E-state index contributed by atoms with van der Waals surface area (Å²) in [7, 11) is 0. The fraction of sp³-hybridized carbons (Fsp3) is 0.700. The molecule has 5 heteroatoms. The molecule has 1 aromatic rings. The van der Waals surface area contributed by atoms with Crippen LogP contribution in [0.5, 0.6) is 0 Å². The molecule has 0 spiro atoms. The van der Waals surface area contributed by atoms with Crippen molar-refractivity contribution in [2.24, 2.45) is 0 Å². The zero-order valence-corrected chi connectivity index (χ0v) is 9.06. The summed E-state index contributed by atoms with van der Waals surface area (Å²) < 4.78 is 5.13. The normalized spacial score (nSPS) is 21.7. The maximum Gasteiger partial charge on any atom is 0.249 e. The maximum absolute atomic E-state index is 11.4. The van der Waals surface area contributed by atoms with Gasteiger partial charge in [-0.3, -0.25) is 4.79 Å². The Bertz CT molecular complexity index is 361. The summed E-state index contributed by atoms with van der Waals surface area (Å²) in [5, 5.41) is 3.76. The van der Waals surface area contributed by atoms with Crippen LogP contribution in [-0.2, 0) is 4.79 Å². The van der Waals surface area contributed by atoms with Gasteiger partial charge in [-0.15, -0.1) is 0 Å². The van der Waals surface area contributed by atoms with Crippen LogP contribution in [0.4, 0.5) is 0 Å². The highest BCUT2D eigenvalue weighted by Crippen LogP contribution is 2.29. The second-order valence-corrected chi connectivity index (χ2v) is 3.90. The molecule has 0 bridgehead atoms. The molecule has 1 aliphatic rings. The molecule has 1 atom stereocenters. The summed E-state index contributed by atoms with van der Waals surface area (Å²) >= 11 is 0. The highest BCUT2D eigenvalue weighted by atomic mass is 16.5. The minimum Gasteiger partial charge on any atom is -0.337 e. The van der Waals surface area contributed by atoms with Gasteiger partial charge in [-0.2, -0.15) is 4.98 Å². The molecule has 5 nitrogen and oxygen atoms in total. The number of hydrogen-bond donors (Lipinski definition) is 0. The first-order chi connectivity index (χ1) is 7.18. The third kappa shape index (κ3) is 2.00. The van der Waals surface area contributed by atoms with E-state index in [1.165, 1.54) is 0 Å². The quantitative estimate of drug-likeness (QED) is 0.702. The van der Waals surface area contributed by atoms with Gasteiger partial charge in [-0.05, 0) is 26.2 Å². The van der Waals surface area contributed by atoms with Crippen molar-refractivity contribution in [1.82, 2.24) is 15.0 Å². The zero-order valence-electron chi connectivity index (χ0n) is 9.06. The molecule has 82 valence electrons. The van der Waals surface area contributed by atoms with E-state index < -0.39 is 0 Å². The van der Waals surface area contributed by atoms with Crippen molar-refractivity contribution in [2.45, 2.75) is 39.2 Å². The SMILES string of the molecule is CC(=O)N1CCCCC1c1nc(C)no1. The van der Waals surface area contributed by atoms with Crippen LogP contribution in [0.3, 0.4) is 0 Å². The number of carbonyl (C=O) groups is 1. The molecule has 15 heavy (non-hydrogen) atoms. The maximum atomic E-state index is 11.4.